The Labute approximate surface area is 124 Å². The molecule has 6 nitrogen and oxygen atoms in total. The monoisotopic (exact) mass is 294 g/mol. The molecule has 1 aliphatic rings. The average molecular weight is 294 g/mol. The number of carbonyl (C=O) groups excluding carboxylic acids is 1. The maximum absolute atomic E-state index is 12.6. The van der Waals surface area contributed by atoms with Gasteiger partial charge in [-0.1, -0.05) is 0 Å². The first-order chi connectivity index (χ1) is 10.0. The minimum Gasteiger partial charge on any atom is -0.489 e. The van der Waals surface area contributed by atoms with E-state index in [1.165, 1.54) is 0 Å². The van der Waals surface area contributed by atoms with E-state index in [2.05, 4.69) is 4.98 Å². The van der Waals surface area contributed by atoms with E-state index in [0.29, 0.717) is 30.8 Å². The van der Waals surface area contributed by atoms with Crippen LogP contribution < -0.4 is 4.74 Å². The number of methoxy groups -OCH3 is 1. The van der Waals surface area contributed by atoms with Gasteiger partial charge in [-0.25, -0.2) is 0 Å². The summed E-state index contributed by atoms with van der Waals surface area (Å²) in [6.07, 6.45) is 3.72. The molecule has 0 spiro atoms. The molecule has 116 valence electrons. The zero-order valence-electron chi connectivity index (χ0n) is 12.7. The highest BCUT2D eigenvalue weighted by Gasteiger charge is 2.40. The van der Waals surface area contributed by atoms with Crippen LogP contribution in [0.15, 0.2) is 18.5 Å². The van der Waals surface area contributed by atoms with Crippen LogP contribution in [0.1, 0.15) is 30.6 Å². The number of amides is 1. The van der Waals surface area contributed by atoms with Crippen molar-refractivity contribution < 1.29 is 19.4 Å². The van der Waals surface area contributed by atoms with Gasteiger partial charge in [-0.05, 0) is 26.3 Å². The van der Waals surface area contributed by atoms with Gasteiger partial charge in [0.1, 0.15) is 5.60 Å². The summed E-state index contributed by atoms with van der Waals surface area (Å²) in [5, 5.41) is 9.46. The first kappa shape index (κ1) is 15.7. The Bertz CT molecular complexity index is 500. The average Bonchev–Trinajstić information content (AvgIpc) is 2.92. The summed E-state index contributed by atoms with van der Waals surface area (Å²) < 4.78 is 11.0. The van der Waals surface area contributed by atoms with E-state index >= 15 is 0 Å². The van der Waals surface area contributed by atoms with Crippen LogP contribution in [0.25, 0.3) is 0 Å². The number of ether oxygens (including phenoxy) is 2. The first-order valence-corrected chi connectivity index (χ1v) is 7.07. The van der Waals surface area contributed by atoms with E-state index < -0.39 is 5.60 Å². The van der Waals surface area contributed by atoms with Gasteiger partial charge in [0.05, 0.1) is 31.0 Å². The number of aliphatic hydroxyl groups is 1. The number of hydrogen-bond donors (Lipinski definition) is 1. The van der Waals surface area contributed by atoms with Crippen molar-refractivity contribution in [3.05, 3.63) is 24.0 Å². The van der Waals surface area contributed by atoms with E-state index in [-0.39, 0.29) is 18.6 Å². The van der Waals surface area contributed by atoms with Gasteiger partial charge < -0.3 is 19.5 Å². The molecule has 1 fully saturated rings. The Balaban J connectivity index is 2.18. The Morgan fingerprint density at radius 2 is 2.33 bits per heavy atom. The molecule has 1 atom stereocenters. The van der Waals surface area contributed by atoms with E-state index in [9.17, 15) is 9.90 Å². The van der Waals surface area contributed by atoms with Gasteiger partial charge in [-0.2, -0.15) is 0 Å². The van der Waals surface area contributed by atoms with Gasteiger partial charge >= 0.3 is 0 Å². The molecule has 1 saturated heterocycles. The molecule has 1 N–H and O–H groups in total. The van der Waals surface area contributed by atoms with Crippen molar-refractivity contribution in [2.45, 2.75) is 32.0 Å². The van der Waals surface area contributed by atoms with Gasteiger partial charge in [-0.3, -0.25) is 9.78 Å². The Kier molecular flexibility index (Phi) is 4.80. The highest BCUT2D eigenvalue weighted by atomic mass is 16.5. The number of hydrogen-bond acceptors (Lipinski definition) is 5. The van der Waals surface area contributed by atoms with Crippen molar-refractivity contribution in [1.29, 1.82) is 0 Å². The summed E-state index contributed by atoms with van der Waals surface area (Å²) >= 11 is 0. The van der Waals surface area contributed by atoms with Gasteiger partial charge in [-0.15, -0.1) is 0 Å². The van der Waals surface area contributed by atoms with Gasteiger partial charge in [0.25, 0.3) is 5.91 Å². The lowest BCUT2D eigenvalue weighted by Gasteiger charge is -2.25. The predicted octanol–water partition coefficient (Wildman–Crippen LogP) is 1.09. The van der Waals surface area contributed by atoms with Crippen molar-refractivity contribution in [2.24, 2.45) is 0 Å². The smallest absolute Gasteiger partial charge is 0.257 e. The normalized spacial score (nSPS) is 21.9. The summed E-state index contributed by atoms with van der Waals surface area (Å²) in [6.45, 7) is 4.63. The van der Waals surface area contributed by atoms with Crippen molar-refractivity contribution >= 4 is 5.91 Å². The SMILES string of the molecule is COC1(CO)CCN(C(=O)c2ccncc2OC(C)C)C1. The molecular weight excluding hydrogens is 272 g/mol. The van der Waals surface area contributed by atoms with E-state index in [1.807, 2.05) is 13.8 Å². The molecule has 1 aromatic rings. The van der Waals surface area contributed by atoms with E-state index in [1.54, 1.807) is 30.5 Å². The molecule has 0 bridgehead atoms. The topological polar surface area (TPSA) is 71.9 Å². The van der Waals surface area contributed by atoms with Crippen molar-refractivity contribution in [3.63, 3.8) is 0 Å². The molecule has 21 heavy (non-hydrogen) atoms. The van der Waals surface area contributed by atoms with Crippen LogP contribution >= 0.6 is 0 Å². The van der Waals surface area contributed by atoms with Crippen molar-refractivity contribution in [2.75, 3.05) is 26.8 Å². The quantitative estimate of drug-likeness (QED) is 0.880. The molecule has 1 unspecified atom stereocenters. The molecule has 0 saturated carbocycles. The van der Waals surface area contributed by atoms with Gasteiger partial charge in [0, 0.05) is 19.9 Å². The van der Waals surface area contributed by atoms with Gasteiger partial charge in [0.2, 0.25) is 0 Å². The minimum absolute atomic E-state index is 0.0326. The molecule has 1 amide bonds. The summed E-state index contributed by atoms with van der Waals surface area (Å²) in [7, 11) is 1.56. The van der Waals surface area contributed by atoms with Crippen LogP contribution in [-0.2, 0) is 4.74 Å². The third-order valence-corrected chi connectivity index (χ3v) is 3.70. The number of likely N-dealkylation sites (tertiary alicyclic amines) is 1. The fraction of sp³-hybridized carbons (Fsp3) is 0.600. The molecule has 0 radical (unpaired) electrons. The maximum atomic E-state index is 12.6. The minimum atomic E-state index is -0.651. The number of carbonyl (C=O) groups is 1. The Morgan fingerprint density at radius 1 is 1.57 bits per heavy atom. The molecule has 2 heterocycles. The highest BCUT2D eigenvalue weighted by Crippen LogP contribution is 2.28. The fourth-order valence-corrected chi connectivity index (χ4v) is 2.45. The maximum Gasteiger partial charge on any atom is 0.257 e. The van der Waals surface area contributed by atoms with Crippen LogP contribution in [0.2, 0.25) is 0 Å². The molecule has 1 aromatic heterocycles. The zero-order chi connectivity index (χ0) is 15.5. The zero-order valence-corrected chi connectivity index (χ0v) is 12.7. The lowest BCUT2D eigenvalue weighted by molar-refractivity contribution is -0.0416. The number of aromatic nitrogens is 1. The second-order valence-electron chi connectivity index (χ2n) is 5.56. The largest absolute Gasteiger partial charge is 0.489 e. The van der Waals surface area contributed by atoms with Crippen LogP contribution in [0.4, 0.5) is 0 Å². The lowest BCUT2D eigenvalue weighted by atomic mass is 10.1. The van der Waals surface area contributed by atoms with Crippen molar-refractivity contribution in [3.8, 4) is 5.75 Å². The summed E-state index contributed by atoms with van der Waals surface area (Å²) in [4.78, 5) is 18.3. The third-order valence-electron chi connectivity index (χ3n) is 3.70. The fourth-order valence-electron chi connectivity index (χ4n) is 2.45. The number of aliphatic hydroxyl groups excluding tert-OH is 1. The summed E-state index contributed by atoms with van der Waals surface area (Å²) in [5.74, 6) is 0.358. The predicted molar refractivity (Wildman–Crippen MR) is 77.3 cm³/mol. The molecule has 6 heteroatoms. The molecule has 1 aliphatic heterocycles. The van der Waals surface area contributed by atoms with Crippen LogP contribution in [0, 0.1) is 0 Å². The Morgan fingerprint density at radius 3 is 2.90 bits per heavy atom. The number of nitrogens with zero attached hydrogens (tertiary/aromatic N) is 2. The molecular formula is C15H22N2O4. The Hall–Kier alpha value is -1.66. The van der Waals surface area contributed by atoms with Crippen molar-refractivity contribution in [1.82, 2.24) is 9.88 Å². The summed E-state index contributed by atoms with van der Waals surface area (Å²) in [6, 6.07) is 1.66. The number of rotatable bonds is 5. The summed E-state index contributed by atoms with van der Waals surface area (Å²) in [5.41, 5.74) is -0.162. The number of pyridine rings is 1. The highest BCUT2D eigenvalue weighted by molar-refractivity contribution is 5.97. The van der Waals surface area contributed by atoms with E-state index in [0.717, 1.165) is 0 Å². The van der Waals surface area contributed by atoms with Crippen LogP contribution in [-0.4, -0.2) is 59.4 Å². The second kappa shape index (κ2) is 6.41. The molecule has 0 aliphatic carbocycles. The van der Waals surface area contributed by atoms with Crippen LogP contribution in [0.5, 0.6) is 5.75 Å². The molecule has 2 rings (SSSR count). The second-order valence-corrected chi connectivity index (χ2v) is 5.56. The molecule has 0 aromatic carbocycles. The first-order valence-electron chi connectivity index (χ1n) is 7.07. The van der Waals surface area contributed by atoms with Crippen LogP contribution in [0.3, 0.4) is 0 Å². The standard InChI is InChI=1S/C15H22N2O4/c1-11(2)21-13-8-16-6-4-12(13)14(19)17-7-5-15(9-17,10-18)20-3/h4,6,8,11,18H,5,7,9-10H2,1-3H3. The van der Waals surface area contributed by atoms with E-state index in [4.69, 9.17) is 9.47 Å². The lowest BCUT2D eigenvalue weighted by Crippen LogP contribution is -2.40. The van der Waals surface area contributed by atoms with Gasteiger partial charge in [0.15, 0.2) is 5.75 Å². The third kappa shape index (κ3) is 3.33.